The first-order valence-electron chi connectivity index (χ1n) is 7.00. The Morgan fingerprint density at radius 1 is 0.500 bits per heavy atom. The number of phenolic OH excluding ortho intramolecular Hbond substituents is 3. The van der Waals surface area contributed by atoms with Crippen LogP contribution in [0.15, 0.2) is 72.8 Å². The molecule has 0 aromatic heterocycles. The molecule has 0 spiro atoms. The predicted molar refractivity (Wildman–Crippen MR) is 85.3 cm³/mol. The van der Waals surface area contributed by atoms with Gasteiger partial charge in [-0.2, -0.15) is 0 Å². The molecule has 0 aliphatic rings. The van der Waals surface area contributed by atoms with Crippen molar-refractivity contribution >= 4 is 0 Å². The molecule has 0 amide bonds. The number of rotatable bonds is 3. The summed E-state index contributed by atoms with van der Waals surface area (Å²) in [5, 5.41) is 29.0. The van der Waals surface area contributed by atoms with Gasteiger partial charge in [-0.1, -0.05) is 36.4 Å². The molecule has 0 radical (unpaired) electrons. The molecule has 0 heterocycles. The first kappa shape index (κ1) is 14.0. The molecule has 0 saturated carbocycles. The third-order valence-electron chi connectivity index (χ3n) is 3.63. The first-order chi connectivity index (χ1) is 10.6. The van der Waals surface area contributed by atoms with Gasteiger partial charge in [-0.15, -0.1) is 0 Å². The lowest BCUT2D eigenvalue weighted by Gasteiger charge is -2.19. The minimum atomic E-state index is -0.139. The van der Waals surface area contributed by atoms with Crippen molar-refractivity contribution < 1.29 is 15.3 Å². The summed E-state index contributed by atoms with van der Waals surface area (Å²) in [6, 6.07) is 21.1. The summed E-state index contributed by atoms with van der Waals surface area (Å²) < 4.78 is 0. The topological polar surface area (TPSA) is 60.7 Å². The highest BCUT2D eigenvalue weighted by molar-refractivity contribution is 5.47. The van der Waals surface area contributed by atoms with E-state index in [1.165, 1.54) is 0 Å². The molecule has 0 atom stereocenters. The summed E-state index contributed by atoms with van der Waals surface area (Å²) >= 11 is 0. The summed E-state index contributed by atoms with van der Waals surface area (Å²) in [5.41, 5.74) is 2.79. The molecule has 22 heavy (non-hydrogen) atoms. The fourth-order valence-electron chi connectivity index (χ4n) is 2.65. The molecule has 3 N–H and O–H groups in total. The van der Waals surface area contributed by atoms with E-state index in [1.807, 2.05) is 24.3 Å². The van der Waals surface area contributed by atoms with Gasteiger partial charge in [-0.05, 0) is 53.1 Å². The van der Waals surface area contributed by atoms with E-state index in [0.29, 0.717) is 0 Å². The van der Waals surface area contributed by atoms with E-state index in [1.54, 1.807) is 48.5 Å². The van der Waals surface area contributed by atoms with Crippen LogP contribution in [0.5, 0.6) is 17.2 Å². The Morgan fingerprint density at radius 3 is 1.45 bits per heavy atom. The SMILES string of the molecule is Oc1ccc(C(c2cccc(O)c2)c2cccc(O)c2)cc1. The van der Waals surface area contributed by atoms with E-state index in [0.717, 1.165) is 16.7 Å². The van der Waals surface area contributed by atoms with E-state index >= 15 is 0 Å². The molecule has 0 bridgehead atoms. The maximum absolute atomic E-state index is 9.77. The van der Waals surface area contributed by atoms with Crippen LogP contribution in [0.4, 0.5) is 0 Å². The summed E-state index contributed by atoms with van der Waals surface area (Å²) in [7, 11) is 0. The second-order valence-electron chi connectivity index (χ2n) is 5.21. The van der Waals surface area contributed by atoms with Crippen molar-refractivity contribution in [3.63, 3.8) is 0 Å². The Morgan fingerprint density at radius 2 is 1.00 bits per heavy atom. The molecule has 3 aromatic carbocycles. The minimum absolute atomic E-state index is 0.139. The van der Waals surface area contributed by atoms with Crippen LogP contribution in [-0.4, -0.2) is 15.3 Å². The average molecular weight is 292 g/mol. The Bertz CT molecular complexity index is 733. The number of benzene rings is 3. The second kappa shape index (κ2) is 5.82. The van der Waals surface area contributed by atoms with Gasteiger partial charge in [-0.3, -0.25) is 0 Å². The maximum atomic E-state index is 9.77. The summed E-state index contributed by atoms with van der Waals surface area (Å²) in [5.74, 6) is 0.456. The Hall–Kier alpha value is -2.94. The number of aromatic hydroxyl groups is 3. The molecule has 0 aliphatic heterocycles. The standard InChI is InChI=1S/C19H16O3/c20-16-9-7-13(8-10-16)19(14-3-1-5-17(21)11-14)15-4-2-6-18(22)12-15/h1-12,19-22H. The van der Waals surface area contributed by atoms with Crippen molar-refractivity contribution in [3.8, 4) is 17.2 Å². The van der Waals surface area contributed by atoms with Crippen LogP contribution < -0.4 is 0 Å². The number of hydrogen-bond donors (Lipinski definition) is 3. The summed E-state index contributed by atoms with van der Waals surface area (Å²) in [4.78, 5) is 0. The van der Waals surface area contributed by atoms with Crippen molar-refractivity contribution in [3.05, 3.63) is 89.5 Å². The molecule has 3 nitrogen and oxygen atoms in total. The Labute approximate surface area is 128 Å². The quantitative estimate of drug-likeness (QED) is 0.640. The van der Waals surface area contributed by atoms with E-state index in [2.05, 4.69) is 0 Å². The van der Waals surface area contributed by atoms with Crippen LogP contribution in [0.2, 0.25) is 0 Å². The molecule has 0 saturated heterocycles. The van der Waals surface area contributed by atoms with Crippen LogP contribution in [-0.2, 0) is 0 Å². The minimum Gasteiger partial charge on any atom is -0.508 e. The maximum Gasteiger partial charge on any atom is 0.115 e. The zero-order chi connectivity index (χ0) is 15.5. The van der Waals surface area contributed by atoms with Crippen molar-refractivity contribution in [2.24, 2.45) is 0 Å². The highest BCUT2D eigenvalue weighted by atomic mass is 16.3. The van der Waals surface area contributed by atoms with E-state index in [-0.39, 0.29) is 23.2 Å². The van der Waals surface area contributed by atoms with Crippen molar-refractivity contribution in [2.75, 3.05) is 0 Å². The Balaban J connectivity index is 2.15. The molecule has 3 heteroatoms. The van der Waals surface area contributed by atoms with Gasteiger partial charge in [0, 0.05) is 5.92 Å². The zero-order valence-corrected chi connectivity index (χ0v) is 11.8. The highest BCUT2D eigenvalue weighted by Crippen LogP contribution is 2.35. The summed E-state index contributed by atoms with van der Waals surface area (Å²) in [6.07, 6.45) is 0. The van der Waals surface area contributed by atoms with Gasteiger partial charge in [-0.25, -0.2) is 0 Å². The third-order valence-corrected chi connectivity index (χ3v) is 3.63. The molecule has 3 aromatic rings. The highest BCUT2D eigenvalue weighted by Gasteiger charge is 2.17. The van der Waals surface area contributed by atoms with E-state index in [4.69, 9.17) is 0 Å². The molecular weight excluding hydrogens is 276 g/mol. The number of phenols is 3. The van der Waals surface area contributed by atoms with E-state index in [9.17, 15) is 15.3 Å². The van der Waals surface area contributed by atoms with Crippen molar-refractivity contribution in [1.82, 2.24) is 0 Å². The lowest BCUT2D eigenvalue weighted by molar-refractivity contribution is 0.472. The predicted octanol–water partition coefficient (Wildman–Crippen LogP) is 3.98. The van der Waals surface area contributed by atoms with Crippen molar-refractivity contribution in [2.45, 2.75) is 5.92 Å². The third kappa shape index (κ3) is 2.88. The molecule has 110 valence electrons. The fourth-order valence-corrected chi connectivity index (χ4v) is 2.65. The van der Waals surface area contributed by atoms with Crippen LogP contribution in [0, 0.1) is 0 Å². The van der Waals surface area contributed by atoms with Crippen LogP contribution >= 0.6 is 0 Å². The average Bonchev–Trinajstić information content (AvgIpc) is 2.50. The normalized spacial score (nSPS) is 10.8. The lowest BCUT2D eigenvalue weighted by Crippen LogP contribution is -2.03. The van der Waals surface area contributed by atoms with Crippen LogP contribution in [0.3, 0.4) is 0 Å². The van der Waals surface area contributed by atoms with Gasteiger partial charge in [0.2, 0.25) is 0 Å². The smallest absolute Gasteiger partial charge is 0.115 e. The monoisotopic (exact) mass is 292 g/mol. The van der Waals surface area contributed by atoms with Gasteiger partial charge in [0.25, 0.3) is 0 Å². The first-order valence-corrected chi connectivity index (χ1v) is 7.00. The summed E-state index contributed by atoms with van der Waals surface area (Å²) in [6.45, 7) is 0. The zero-order valence-electron chi connectivity index (χ0n) is 11.8. The van der Waals surface area contributed by atoms with Gasteiger partial charge in [0.15, 0.2) is 0 Å². The second-order valence-corrected chi connectivity index (χ2v) is 5.21. The fraction of sp³-hybridized carbons (Fsp3) is 0.0526. The van der Waals surface area contributed by atoms with Gasteiger partial charge >= 0.3 is 0 Å². The van der Waals surface area contributed by atoms with Crippen LogP contribution in [0.25, 0.3) is 0 Å². The molecule has 0 aliphatic carbocycles. The van der Waals surface area contributed by atoms with Crippen LogP contribution in [0.1, 0.15) is 22.6 Å². The van der Waals surface area contributed by atoms with Gasteiger partial charge in [0.05, 0.1) is 0 Å². The Kier molecular flexibility index (Phi) is 3.71. The van der Waals surface area contributed by atoms with Gasteiger partial charge < -0.3 is 15.3 Å². The van der Waals surface area contributed by atoms with Crippen molar-refractivity contribution in [1.29, 1.82) is 0 Å². The molecular formula is C19H16O3. The largest absolute Gasteiger partial charge is 0.508 e. The number of hydrogen-bond acceptors (Lipinski definition) is 3. The van der Waals surface area contributed by atoms with E-state index < -0.39 is 0 Å². The molecule has 0 unspecified atom stereocenters. The van der Waals surface area contributed by atoms with Gasteiger partial charge in [0.1, 0.15) is 17.2 Å². The lowest BCUT2D eigenvalue weighted by atomic mass is 9.85. The molecule has 0 fully saturated rings. The molecule has 3 rings (SSSR count).